The van der Waals surface area contributed by atoms with Gasteiger partial charge in [0.1, 0.15) is 24.8 Å². The molecule has 4 atom stereocenters. The number of hydrogen-bond donors (Lipinski definition) is 1. The molecule has 1 aromatic heterocycles. The van der Waals surface area contributed by atoms with Gasteiger partial charge in [-0.3, -0.25) is 14.4 Å². The average Bonchev–Trinajstić information content (AvgIpc) is 3.59. The van der Waals surface area contributed by atoms with Crippen LogP contribution >= 0.6 is 65.6 Å². The van der Waals surface area contributed by atoms with Gasteiger partial charge in [-0.25, -0.2) is 4.98 Å². The Morgan fingerprint density at radius 3 is 2.53 bits per heavy atom. The van der Waals surface area contributed by atoms with Crippen LogP contribution in [-0.4, -0.2) is 68.8 Å². The number of Topliss-reactive ketones (excluding diaryl/α,β-unsaturated/α-hetero) is 1. The summed E-state index contributed by atoms with van der Waals surface area (Å²) >= 11 is 6.38. The Morgan fingerprint density at radius 1 is 1.14 bits per heavy atom. The minimum Gasteiger partial charge on any atom is -0.366 e. The van der Waals surface area contributed by atoms with Crippen LogP contribution < -0.4 is 5.32 Å². The molecular weight excluding hydrogens is 560 g/mol. The lowest BCUT2D eigenvalue weighted by Gasteiger charge is -2.30. The first kappa shape index (κ1) is 32.7. The fraction of sp³-hybridized carbons (Fsp3) is 0.478. The fourth-order valence-electron chi connectivity index (χ4n) is 5.12. The van der Waals surface area contributed by atoms with Crippen LogP contribution in [0.25, 0.3) is 5.69 Å². The van der Waals surface area contributed by atoms with Crippen LogP contribution in [0.15, 0.2) is 43.0 Å². The van der Waals surface area contributed by atoms with E-state index in [0.29, 0.717) is 5.56 Å². The van der Waals surface area contributed by atoms with Gasteiger partial charge in [-0.1, -0.05) is 18.9 Å². The van der Waals surface area contributed by atoms with Crippen molar-refractivity contribution in [3.63, 3.8) is 0 Å². The lowest BCUT2D eigenvalue weighted by atomic mass is 9.95. The Bertz CT molecular complexity index is 1040. The summed E-state index contributed by atoms with van der Waals surface area (Å²) < 4.78 is 7.33. The molecular formula is C23H33ClN4O4S4. The van der Waals surface area contributed by atoms with Crippen molar-refractivity contribution in [2.45, 2.75) is 49.2 Å². The number of ketones is 1. The summed E-state index contributed by atoms with van der Waals surface area (Å²) in [6.07, 6.45) is 8.43. The number of fused-ring (bicyclic) bond motifs is 1. The van der Waals surface area contributed by atoms with Crippen LogP contribution in [0.5, 0.6) is 0 Å². The zero-order chi connectivity index (χ0) is 22.2. The number of nitrogens with one attached hydrogen (secondary N) is 1. The smallest absolute Gasteiger partial charge is 0.252 e. The second kappa shape index (κ2) is 14.0. The first-order valence-corrected chi connectivity index (χ1v) is 11.4. The summed E-state index contributed by atoms with van der Waals surface area (Å²) in [7, 11) is 0. The lowest BCUT2D eigenvalue weighted by molar-refractivity contribution is -0.139. The van der Waals surface area contributed by atoms with Crippen LogP contribution in [0, 0.1) is 5.92 Å². The van der Waals surface area contributed by atoms with E-state index in [0.717, 1.165) is 31.4 Å². The predicted molar refractivity (Wildman–Crippen MR) is 158 cm³/mol. The third kappa shape index (κ3) is 6.39. The average molecular weight is 593 g/mol. The molecule has 1 aliphatic carbocycles. The number of aromatic nitrogens is 2. The largest absolute Gasteiger partial charge is 0.366 e. The molecule has 8 nitrogen and oxygen atoms in total. The van der Waals surface area contributed by atoms with E-state index >= 15 is 0 Å². The molecule has 3 fully saturated rings. The van der Waals surface area contributed by atoms with Crippen molar-refractivity contribution >= 4 is 83.2 Å². The van der Waals surface area contributed by atoms with Gasteiger partial charge in [0.2, 0.25) is 5.91 Å². The number of carbonyl (C=O) groups excluding carboxylic acids is 3. The molecule has 2 saturated heterocycles. The number of imidazole rings is 1. The monoisotopic (exact) mass is 592 g/mol. The molecule has 0 spiro atoms. The first-order chi connectivity index (χ1) is 15.5. The normalized spacial score (nSPS) is 23.4. The molecule has 200 valence electrons. The topological polar surface area (TPSA) is 93.5 Å². The second-order valence-electron chi connectivity index (χ2n) is 8.71. The maximum Gasteiger partial charge on any atom is 0.252 e. The number of ether oxygens (including phenoxy) is 1. The van der Waals surface area contributed by atoms with Crippen molar-refractivity contribution in [2.75, 3.05) is 13.2 Å². The summed E-state index contributed by atoms with van der Waals surface area (Å²) in [5.41, 5.74) is 1.27. The van der Waals surface area contributed by atoms with Gasteiger partial charge in [0.15, 0.2) is 5.78 Å². The van der Waals surface area contributed by atoms with E-state index in [1.165, 1.54) is 4.90 Å². The summed E-state index contributed by atoms with van der Waals surface area (Å²) in [5.74, 6) is -0.651. The van der Waals surface area contributed by atoms with Crippen LogP contribution in [-0.2, 0) is 14.3 Å². The van der Waals surface area contributed by atoms with Gasteiger partial charge in [-0.15, -0.1) is 11.6 Å². The molecule has 3 aliphatic rings. The molecule has 13 heteroatoms. The molecule has 1 aromatic carbocycles. The van der Waals surface area contributed by atoms with Gasteiger partial charge in [-0.05, 0) is 37.0 Å². The zero-order valence-electron chi connectivity index (χ0n) is 19.5. The van der Waals surface area contributed by atoms with Gasteiger partial charge >= 0.3 is 0 Å². The van der Waals surface area contributed by atoms with Crippen LogP contribution in [0.1, 0.15) is 36.0 Å². The first-order valence-electron chi connectivity index (χ1n) is 11.0. The van der Waals surface area contributed by atoms with Gasteiger partial charge in [0, 0.05) is 30.2 Å². The molecule has 0 radical (unpaired) electrons. The number of rotatable bonds is 5. The highest BCUT2D eigenvalue weighted by Crippen LogP contribution is 2.34. The maximum atomic E-state index is 13.6. The number of hydrogen-bond acceptors (Lipinski definition) is 5. The number of amides is 2. The Balaban J connectivity index is 0.00000162. The van der Waals surface area contributed by atoms with E-state index in [1.54, 1.807) is 36.9 Å². The molecule has 36 heavy (non-hydrogen) atoms. The fourth-order valence-corrected chi connectivity index (χ4v) is 5.48. The molecule has 2 aliphatic heterocycles. The summed E-state index contributed by atoms with van der Waals surface area (Å²) in [6, 6.07) is 5.82. The standard InChI is InChI=1S/C23H25ClN4O4.4H2S/c24-17-11-28(20-18(29)12-32-21(17)20)23(31)19(14-4-1-2-5-14)26-22(30)15-6-3-7-16(10-15)27-9-8-25-13-27;;;;/h3,6-10,13-14,17,19-21H,1-2,4-5,11-12H2,(H,26,30);4*1H2/t17-,19-,20+,21+;;;;/m0..../s1. The molecule has 5 rings (SSSR count). The van der Waals surface area contributed by atoms with Crippen molar-refractivity contribution in [2.24, 2.45) is 5.92 Å². The van der Waals surface area contributed by atoms with Crippen molar-refractivity contribution in [1.29, 1.82) is 0 Å². The van der Waals surface area contributed by atoms with E-state index in [9.17, 15) is 14.4 Å². The highest BCUT2D eigenvalue weighted by atomic mass is 35.5. The van der Waals surface area contributed by atoms with E-state index in [4.69, 9.17) is 16.3 Å². The molecule has 2 amide bonds. The number of alkyl halides is 1. The highest BCUT2D eigenvalue weighted by Gasteiger charge is 2.53. The number of carbonyl (C=O) groups is 3. The molecule has 0 unspecified atom stereocenters. The van der Waals surface area contributed by atoms with Gasteiger partial charge in [0.25, 0.3) is 5.91 Å². The number of nitrogens with zero attached hydrogens (tertiary/aromatic N) is 3. The van der Waals surface area contributed by atoms with Crippen molar-refractivity contribution in [1.82, 2.24) is 19.8 Å². The summed E-state index contributed by atoms with van der Waals surface area (Å²) in [4.78, 5) is 44.8. The Hall–Kier alpha value is -1.31. The molecule has 0 bridgehead atoms. The lowest BCUT2D eigenvalue weighted by Crippen LogP contribution is -2.54. The minimum absolute atomic E-state index is 0. The van der Waals surface area contributed by atoms with E-state index in [1.807, 2.05) is 10.6 Å². The summed E-state index contributed by atoms with van der Waals surface area (Å²) in [6.45, 7) is 0.223. The quantitative estimate of drug-likeness (QED) is 0.538. The van der Waals surface area contributed by atoms with E-state index in [2.05, 4.69) is 10.3 Å². The minimum atomic E-state index is -0.696. The second-order valence-corrected chi connectivity index (χ2v) is 9.27. The Morgan fingerprint density at radius 2 is 1.86 bits per heavy atom. The number of likely N-dealkylation sites (tertiary alicyclic amines) is 1. The van der Waals surface area contributed by atoms with Crippen molar-refractivity contribution in [3.8, 4) is 5.69 Å². The van der Waals surface area contributed by atoms with Crippen molar-refractivity contribution in [3.05, 3.63) is 48.5 Å². The van der Waals surface area contributed by atoms with E-state index in [-0.39, 0.29) is 90.6 Å². The van der Waals surface area contributed by atoms with Crippen LogP contribution in [0.4, 0.5) is 0 Å². The zero-order valence-corrected chi connectivity index (χ0v) is 24.3. The van der Waals surface area contributed by atoms with E-state index < -0.39 is 23.6 Å². The third-order valence-electron chi connectivity index (χ3n) is 6.74. The van der Waals surface area contributed by atoms with Gasteiger partial charge < -0.3 is 19.5 Å². The summed E-state index contributed by atoms with van der Waals surface area (Å²) in [5, 5.41) is 2.56. The number of halogens is 1. The number of benzene rings is 1. The highest BCUT2D eigenvalue weighted by molar-refractivity contribution is 7.59. The van der Waals surface area contributed by atoms with Crippen molar-refractivity contribution < 1.29 is 19.1 Å². The Labute approximate surface area is 243 Å². The van der Waals surface area contributed by atoms with Crippen LogP contribution in [0.3, 0.4) is 0 Å². The Kier molecular flexibility index (Phi) is 12.7. The third-order valence-corrected chi connectivity index (χ3v) is 7.13. The molecule has 1 saturated carbocycles. The maximum absolute atomic E-state index is 13.6. The molecule has 3 heterocycles. The molecule has 1 N–H and O–H groups in total. The van der Waals surface area contributed by atoms with Gasteiger partial charge in [-0.2, -0.15) is 54.0 Å². The van der Waals surface area contributed by atoms with Crippen LogP contribution in [0.2, 0.25) is 0 Å². The SMILES string of the molecule is O=C(N[C@H](C(=O)N1C[C@H](Cl)[C@H]2OCC(=O)[C@H]21)C1CCCC1)c1cccc(-n2ccnc2)c1.S.S.S.S. The molecule has 2 aromatic rings. The van der Waals surface area contributed by atoms with Gasteiger partial charge in [0.05, 0.1) is 11.7 Å². The predicted octanol–water partition coefficient (Wildman–Crippen LogP) is 2.40.